The molecular weight excluding hydrogens is 304 g/mol. The Kier molecular flexibility index (Phi) is 4.22. The number of rotatable bonds is 5. The lowest BCUT2D eigenvalue weighted by Crippen LogP contribution is -2.27. The molecule has 5 nitrogen and oxygen atoms in total. The van der Waals surface area contributed by atoms with Crippen LogP contribution in [-0.2, 0) is 4.79 Å². The number of hydrogen-bond acceptors (Lipinski definition) is 5. The molecule has 1 aromatic heterocycles. The van der Waals surface area contributed by atoms with Gasteiger partial charge in [0.2, 0.25) is 5.91 Å². The number of anilines is 1. The van der Waals surface area contributed by atoms with Crippen LogP contribution >= 0.6 is 27.7 Å². The standard InChI is InChI=1S/C10H13BrN4OS/c1-12-9-8(11)10(14-5-13-9)17-4-7(16)15-6-2-3-6/h5-6H,2-4H2,1H3,(H,15,16)(H,12,13,14). The Bertz CT molecular complexity index is 425. The normalized spacial score (nSPS) is 14.5. The van der Waals surface area contributed by atoms with Gasteiger partial charge in [-0.25, -0.2) is 9.97 Å². The quantitative estimate of drug-likeness (QED) is 0.638. The summed E-state index contributed by atoms with van der Waals surface area (Å²) < 4.78 is 0.798. The molecule has 1 saturated carbocycles. The number of hydrogen-bond donors (Lipinski definition) is 2. The highest BCUT2D eigenvalue weighted by Crippen LogP contribution is 2.29. The van der Waals surface area contributed by atoms with E-state index in [1.54, 1.807) is 7.05 Å². The fourth-order valence-electron chi connectivity index (χ4n) is 1.26. The second kappa shape index (κ2) is 5.68. The van der Waals surface area contributed by atoms with Crippen LogP contribution < -0.4 is 10.6 Å². The maximum absolute atomic E-state index is 11.5. The number of carbonyl (C=O) groups excluding carboxylic acids is 1. The summed E-state index contributed by atoms with van der Waals surface area (Å²) in [6, 6.07) is 0.407. The van der Waals surface area contributed by atoms with Crippen LogP contribution in [-0.4, -0.2) is 34.7 Å². The van der Waals surface area contributed by atoms with Gasteiger partial charge in [-0.15, -0.1) is 0 Å². The zero-order valence-electron chi connectivity index (χ0n) is 9.36. The van der Waals surface area contributed by atoms with Crippen molar-refractivity contribution in [3.8, 4) is 0 Å². The second-order valence-corrected chi connectivity index (χ2v) is 5.48. The molecule has 1 amide bonds. The average Bonchev–Trinajstić information content (AvgIpc) is 3.11. The van der Waals surface area contributed by atoms with Crippen molar-refractivity contribution in [1.29, 1.82) is 0 Å². The number of amides is 1. The zero-order valence-corrected chi connectivity index (χ0v) is 11.8. The van der Waals surface area contributed by atoms with Gasteiger partial charge in [0.15, 0.2) is 0 Å². The van der Waals surface area contributed by atoms with E-state index in [4.69, 9.17) is 0 Å². The minimum absolute atomic E-state index is 0.0639. The molecule has 2 rings (SSSR count). The summed E-state index contributed by atoms with van der Waals surface area (Å²) >= 11 is 4.82. The number of halogens is 1. The molecule has 0 aliphatic heterocycles. The Morgan fingerprint density at radius 3 is 3.00 bits per heavy atom. The minimum Gasteiger partial charge on any atom is -0.372 e. The first-order valence-corrected chi connectivity index (χ1v) is 7.09. The van der Waals surface area contributed by atoms with Gasteiger partial charge in [0, 0.05) is 13.1 Å². The van der Waals surface area contributed by atoms with Crippen molar-refractivity contribution in [2.75, 3.05) is 18.1 Å². The molecule has 1 fully saturated rings. The molecule has 2 N–H and O–H groups in total. The predicted octanol–water partition coefficient (Wildman–Crippen LogP) is 1.65. The molecule has 0 saturated heterocycles. The molecule has 17 heavy (non-hydrogen) atoms. The summed E-state index contributed by atoms with van der Waals surface area (Å²) in [5, 5.41) is 6.67. The summed E-state index contributed by atoms with van der Waals surface area (Å²) in [6.45, 7) is 0. The van der Waals surface area contributed by atoms with Crippen LogP contribution in [0, 0.1) is 0 Å². The van der Waals surface area contributed by atoms with Crippen molar-refractivity contribution >= 4 is 39.4 Å². The molecule has 0 aromatic carbocycles. The second-order valence-electron chi connectivity index (χ2n) is 3.72. The lowest BCUT2D eigenvalue weighted by molar-refractivity contribution is -0.118. The Morgan fingerprint density at radius 2 is 2.35 bits per heavy atom. The molecule has 0 radical (unpaired) electrons. The monoisotopic (exact) mass is 316 g/mol. The third-order valence-electron chi connectivity index (χ3n) is 2.28. The van der Waals surface area contributed by atoms with Crippen LogP contribution in [0.15, 0.2) is 15.8 Å². The van der Waals surface area contributed by atoms with Gasteiger partial charge in [-0.05, 0) is 28.8 Å². The van der Waals surface area contributed by atoms with E-state index in [0.29, 0.717) is 11.8 Å². The molecule has 0 bridgehead atoms. The van der Waals surface area contributed by atoms with Crippen LogP contribution in [0.5, 0.6) is 0 Å². The summed E-state index contributed by atoms with van der Waals surface area (Å²) in [5.74, 6) is 1.18. The Hall–Kier alpha value is -0.820. The SMILES string of the molecule is CNc1ncnc(SCC(=O)NC2CC2)c1Br. The smallest absolute Gasteiger partial charge is 0.230 e. The van der Waals surface area contributed by atoms with Crippen molar-refractivity contribution in [3.05, 3.63) is 10.8 Å². The van der Waals surface area contributed by atoms with E-state index in [2.05, 4.69) is 36.5 Å². The lowest BCUT2D eigenvalue weighted by atomic mass is 10.6. The lowest BCUT2D eigenvalue weighted by Gasteiger charge is -2.07. The third kappa shape index (κ3) is 3.57. The average molecular weight is 317 g/mol. The maximum Gasteiger partial charge on any atom is 0.230 e. The first-order chi connectivity index (χ1) is 8.20. The van der Waals surface area contributed by atoms with Crippen LogP contribution in [0.25, 0.3) is 0 Å². The van der Waals surface area contributed by atoms with E-state index in [-0.39, 0.29) is 5.91 Å². The van der Waals surface area contributed by atoms with Gasteiger partial charge in [0.05, 0.1) is 10.2 Å². The van der Waals surface area contributed by atoms with E-state index in [1.807, 2.05) is 0 Å². The highest BCUT2D eigenvalue weighted by atomic mass is 79.9. The fraction of sp³-hybridized carbons (Fsp3) is 0.500. The summed E-state index contributed by atoms with van der Waals surface area (Å²) in [5.41, 5.74) is 0. The summed E-state index contributed by atoms with van der Waals surface area (Å²) in [4.78, 5) is 19.7. The van der Waals surface area contributed by atoms with E-state index < -0.39 is 0 Å². The Balaban J connectivity index is 1.91. The molecular formula is C10H13BrN4OS. The van der Waals surface area contributed by atoms with Gasteiger partial charge in [0.1, 0.15) is 17.2 Å². The largest absolute Gasteiger partial charge is 0.372 e. The number of carbonyl (C=O) groups is 1. The predicted molar refractivity (Wildman–Crippen MR) is 71.2 cm³/mol. The number of thioether (sulfide) groups is 1. The van der Waals surface area contributed by atoms with Crippen molar-refractivity contribution in [3.63, 3.8) is 0 Å². The van der Waals surface area contributed by atoms with Gasteiger partial charge in [-0.3, -0.25) is 4.79 Å². The van der Waals surface area contributed by atoms with Crippen molar-refractivity contribution < 1.29 is 4.79 Å². The zero-order chi connectivity index (χ0) is 12.3. The van der Waals surface area contributed by atoms with Crippen molar-refractivity contribution in [2.45, 2.75) is 23.9 Å². The van der Waals surface area contributed by atoms with E-state index >= 15 is 0 Å². The van der Waals surface area contributed by atoms with Crippen LogP contribution in [0.3, 0.4) is 0 Å². The summed E-state index contributed by atoms with van der Waals surface area (Å²) in [6.07, 6.45) is 3.70. The first-order valence-electron chi connectivity index (χ1n) is 5.31. The molecule has 1 heterocycles. The first kappa shape index (κ1) is 12.6. The molecule has 0 atom stereocenters. The van der Waals surface area contributed by atoms with Gasteiger partial charge in [-0.1, -0.05) is 11.8 Å². The van der Waals surface area contributed by atoms with Crippen molar-refractivity contribution in [1.82, 2.24) is 15.3 Å². The molecule has 1 aliphatic rings. The highest BCUT2D eigenvalue weighted by Gasteiger charge is 2.23. The third-order valence-corrected chi connectivity index (χ3v) is 4.28. The van der Waals surface area contributed by atoms with Crippen LogP contribution in [0.1, 0.15) is 12.8 Å². The Labute approximate surface area is 112 Å². The molecule has 1 aromatic rings. The van der Waals surface area contributed by atoms with Gasteiger partial charge >= 0.3 is 0 Å². The van der Waals surface area contributed by atoms with E-state index in [9.17, 15) is 4.79 Å². The topological polar surface area (TPSA) is 66.9 Å². The van der Waals surface area contributed by atoms with Gasteiger partial charge in [0.25, 0.3) is 0 Å². The molecule has 1 aliphatic carbocycles. The van der Waals surface area contributed by atoms with Gasteiger partial charge in [-0.2, -0.15) is 0 Å². The number of aromatic nitrogens is 2. The van der Waals surface area contributed by atoms with Crippen LogP contribution in [0.2, 0.25) is 0 Å². The minimum atomic E-state index is 0.0639. The van der Waals surface area contributed by atoms with E-state index in [0.717, 1.165) is 28.2 Å². The maximum atomic E-state index is 11.5. The highest BCUT2D eigenvalue weighted by molar-refractivity contribution is 9.10. The Morgan fingerprint density at radius 1 is 1.59 bits per heavy atom. The molecule has 0 unspecified atom stereocenters. The summed E-state index contributed by atoms with van der Waals surface area (Å²) in [7, 11) is 1.79. The van der Waals surface area contributed by atoms with Crippen LogP contribution in [0.4, 0.5) is 5.82 Å². The fourth-order valence-corrected chi connectivity index (χ4v) is 2.70. The van der Waals surface area contributed by atoms with E-state index in [1.165, 1.54) is 18.1 Å². The molecule has 92 valence electrons. The number of nitrogens with one attached hydrogen (secondary N) is 2. The van der Waals surface area contributed by atoms with Crippen molar-refractivity contribution in [2.24, 2.45) is 0 Å². The van der Waals surface area contributed by atoms with Gasteiger partial charge < -0.3 is 10.6 Å². The molecule has 7 heteroatoms. The number of nitrogens with zero attached hydrogens (tertiary/aromatic N) is 2. The molecule has 0 spiro atoms.